The van der Waals surface area contributed by atoms with Crippen molar-refractivity contribution in [2.45, 2.75) is 44.6 Å². The zero-order chi connectivity index (χ0) is 11.2. The maximum Gasteiger partial charge on any atom is 0.410 e. The highest BCUT2D eigenvalue weighted by molar-refractivity contribution is 5.69. The third-order valence-electron chi connectivity index (χ3n) is 2.82. The van der Waals surface area contributed by atoms with Gasteiger partial charge in [-0.1, -0.05) is 0 Å². The number of fused-ring (bicyclic) bond motifs is 2. The molecule has 2 fully saturated rings. The molecule has 0 aromatic carbocycles. The van der Waals surface area contributed by atoms with Gasteiger partial charge >= 0.3 is 6.09 Å². The second-order valence-electron chi connectivity index (χ2n) is 5.21. The normalized spacial score (nSPS) is 34.7. The van der Waals surface area contributed by atoms with Gasteiger partial charge in [-0.3, -0.25) is 4.90 Å². The molecule has 5 nitrogen and oxygen atoms in total. The predicted octanol–water partition coefficient (Wildman–Crippen LogP) is -0.0616. The molecular weight excluding hydrogens is 196 g/mol. The van der Waals surface area contributed by atoms with E-state index in [1.165, 1.54) is 0 Å². The summed E-state index contributed by atoms with van der Waals surface area (Å²) in [5, 5.41) is 12.9. The van der Waals surface area contributed by atoms with Crippen molar-refractivity contribution in [1.29, 1.82) is 0 Å². The fourth-order valence-corrected chi connectivity index (χ4v) is 2.13. The molecule has 0 radical (unpaired) electrons. The molecule has 0 unspecified atom stereocenters. The summed E-state index contributed by atoms with van der Waals surface area (Å²) in [7, 11) is 0. The standard InChI is InChI=1S/C10H18N2O3/c1-10(2,3)15-9(14)12-5-6-8(13)7(12)4-11-6/h6-8,11,13H,4-5H2,1-3H3/t6-,7+,8-/m1/s1. The lowest BCUT2D eigenvalue weighted by molar-refractivity contribution is 0.0164. The molecule has 2 aliphatic rings. The van der Waals surface area contributed by atoms with Crippen LogP contribution < -0.4 is 5.32 Å². The Morgan fingerprint density at radius 3 is 2.60 bits per heavy atom. The van der Waals surface area contributed by atoms with Gasteiger partial charge in [0, 0.05) is 13.1 Å². The van der Waals surface area contributed by atoms with Gasteiger partial charge < -0.3 is 15.2 Å². The Bertz CT molecular complexity index is 274. The van der Waals surface area contributed by atoms with E-state index in [1.807, 2.05) is 20.8 Å². The number of rotatable bonds is 0. The Labute approximate surface area is 89.4 Å². The smallest absolute Gasteiger partial charge is 0.410 e. The first-order chi connectivity index (χ1) is 6.88. The van der Waals surface area contributed by atoms with Crippen molar-refractivity contribution in [3.05, 3.63) is 0 Å². The van der Waals surface area contributed by atoms with Crippen molar-refractivity contribution < 1.29 is 14.6 Å². The van der Waals surface area contributed by atoms with Gasteiger partial charge in [0.05, 0.1) is 18.2 Å². The molecule has 1 amide bonds. The van der Waals surface area contributed by atoms with E-state index in [4.69, 9.17) is 4.74 Å². The number of likely N-dealkylation sites (tertiary alicyclic amines) is 1. The minimum atomic E-state index is -0.475. The molecule has 0 saturated carbocycles. The number of ether oxygens (including phenoxy) is 1. The summed E-state index contributed by atoms with van der Waals surface area (Å²) in [4.78, 5) is 13.4. The Kier molecular flexibility index (Phi) is 2.39. The average Bonchev–Trinajstić information content (AvgIpc) is 2.59. The highest BCUT2D eigenvalue weighted by Crippen LogP contribution is 2.25. The first kappa shape index (κ1) is 10.7. The average molecular weight is 214 g/mol. The summed E-state index contributed by atoms with van der Waals surface area (Å²) in [6.45, 7) is 6.72. The number of nitrogens with one attached hydrogen (secondary N) is 1. The minimum absolute atomic E-state index is 0.0162. The van der Waals surface area contributed by atoms with Gasteiger partial charge in [-0.2, -0.15) is 0 Å². The largest absolute Gasteiger partial charge is 0.444 e. The Morgan fingerprint density at radius 2 is 2.20 bits per heavy atom. The highest BCUT2D eigenvalue weighted by Gasteiger charge is 2.48. The van der Waals surface area contributed by atoms with Crippen LogP contribution in [0.1, 0.15) is 20.8 Å². The van der Waals surface area contributed by atoms with E-state index in [0.29, 0.717) is 13.1 Å². The van der Waals surface area contributed by atoms with E-state index in [0.717, 1.165) is 0 Å². The van der Waals surface area contributed by atoms with Gasteiger partial charge in [0.2, 0.25) is 0 Å². The minimum Gasteiger partial charge on any atom is -0.444 e. The zero-order valence-corrected chi connectivity index (χ0v) is 9.36. The zero-order valence-electron chi connectivity index (χ0n) is 9.36. The SMILES string of the molecule is CC(C)(C)OC(=O)N1C[C@H]2NC[C@H]1[C@@H]2O. The lowest BCUT2D eigenvalue weighted by Crippen LogP contribution is -2.48. The third kappa shape index (κ3) is 1.94. The quantitative estimate of drug-likeness (QED) is 0.593. The molecule has 2 heterocycles. The summed E-state index contributed by atoms with van der Waals surface area (Å²) in [6.07, 6.45) is -0.770. The van der Waals surface area contributed by atoms with E-state index in [1.54, 1.807) is 4.90 Å². The summed E-state index contributed by atoms with van der Waals surface area (Å²) >= 11 is 0. The molecule has 0 aromatic rings. The van der Waals surface area contributed by atoms with Crippen molar-refractivity contribution in [2.75, 3.05) is 13.1 Å². The molecule has 86 valence electrons. The number of carbonyl (C=O) groups excluding carboxylic acids is 1. The van der Waals surface area contributed by atoms with Crippen LogP contribution in [0.15, 0.2) is 0 Å². The molecule has 0 aromatic heterocycles. The summed E-state index contributed by atoms with van der Waals surface area (Å²) in [5.41, 5.74) is -0.475. The molecular formula is C10H18N2O3. The van der Waals surface area contributed by atoms with Gasteiger partial charge in [-0.25, -0.2) is 4.79 Å². The van der Waals surface area contributed by atoms with Gasteiger partial charge in [-0.05, 0) is 20.8 Å². The van der Waals surface area contributed by atoms with Crippen LogP contribution in [0.4, 0.5) is 4.79 Å². The molecule has 2 bridgehead atoms. The van der Waals surface area contributed by atoms with Crippen LogP contribution in [-0.2, 0) is 4.74 Å². The van der Waals surface area contributed by atoms with Crippen LogP contribution in [0.25, 0.3) is 0 Å². The number of amides is 1. The van der Waals surface area contributed by atoms with Crippen LogP contribution in [0.5, 0.6) is 0 Å². The van der Waals surface area contributed by atoms with E-state index in [9.17, 15) is 9.90 Å². The van der Waals surface area contributed by atoms with Crippen molar-refractivity contribution in [1.82, 2.24) is 10.2 Å². The molecule has 15 heavy (non-hydrogen) atoms. The van der Waals surface area contributed by atoms with Crippen LogP contribution in [-0.4, -0.2) is 53.0 Å². The van der Waals surface area contributed by atoms with Gasteiger partial charge in [-0.15, -0.1) is 0 Å². The maximum absolute atomic E-state index is 11.8. The number of piperazine rings is 1. The van der Waals surface area contributed by atoms with Crippen molar-refractivity contribution in [3.63, 3.8) is 0 Å². The second kappa shape index (κ2) is 3.35. The van der Waals surface area contributed by atoms with Gasteiger partial charge in [0.25, 0.3) is 0 Å². The number of carbonyl (C=O) groups is 1. The lowest BCUT2D eigenvalue weighted by Gasteiger charge is -2.30. The summed E-state index contributed by atoms with van der Waals surface area (Å²) < 4.78 is 5.27. The van der Waals surface area contributed by atoms with Crippen LogP contribution >= 0.6 is 0 Å². The van der Waals surface area contributed by atoms with Gasteiger partial charge in [0.15, 0.2) is 0 Å². The van der Waals surface area contributed by atoms with Crippen molar-refractivity contribution >= 4 is 6.09 Å². The molecule has 2 saturated heterocycles. The van der Waals surface area contributed by atoms with E-state index in [-0.39, 0.29) is 18.2 Å². The molecule has 2 rings (SSSR count). The number of hydrogen-bond donors (Lipinski definition) is 2. The number of aliphatic hydroxyl groups is 1. The van der Waals surface area contributed by atoms with Crippen LogP contribution in [0.2, 0.25) is 0 Å². The molecule has 2 aliphatic heterocycles. The maximum atomic E-state index is 11.8. The van der Waals surface area contributed by atoms with Crippen LogP contribution in [0.3, 0.4) is 0 Å². The third-order valence-corrected chi connectivity index (χ3v) is 2.82. The molecule has 2 N–H and O–H groups in total. The van der Waals surface area contributed by atoms with Gasteiger partial charge in [0.1, 0.15) is 5.60 Å². The monoisotopic (exact) mass is 214 g/mol. The topological polar surface area (TPSA) is 61.8 Å². The Hall–Kier alpha value is -0.810. The van der Waals surface area contributed by atoms with Crippen LogP contribution in [0, 0.1) is 0 Å². The fraction of sp³-hybridized carbons (Fsp3) is 0.900. The second-order valence-corrected chi connectivity index (χ2v) is 5.21. The van der Waals surface area contributed by atoms with E-state index in [2.05, 4.69) is 5.32 Å². The molecule has 0 aliphatic carbocycles. The Balaban J connectivity index is 1.99. The first-order valence-electron chi connectivity index (χ1n) is 5.29. The number of nitrogens with zero attached hydrogens (tertiary/aromatic N) is 1. The number of hydrogen-bond acceptors (Lipinski definition) is 4. The summed E-state index contributed by atoms with van der Waals surface area (Å²) in [5.74, 6) is 0. The number of aliphatic hydroxyl groups excluding tert-OH is 1. The molecule has 3 atom stereocenters. The van der Waals surface area contributed by atoms with Crippen molar-refractivity contribution in [2.24, 2.45) is 0 Å². The first-order valence-corrected chi connectivity index (χ1v) is 5.29. The molecule has 0 spiro atoms. The fourth-order valence-electron chi connectivity index (χ4n) is 2.13. The van der Waals surface area contributed by atoms with E-state index >= 15 is 0 Å². The Morgan fingerprint density at radius 1 is 1.53 bits per heavy atom. The highest BCUT2D eigenvalue weighted by atomic mass is 16.6. The lowest BCUT2D eigenvalue weighted by atomic mass is 10.2. The summed E-state index contributed by atoms with van der Waals surface area (Å²) in [6, 6.07) is -0.104. The predicted molar refractivity (Wildman–Crippen MR) is 54.5 cm³/mol. The van der Waals surface area contributed by atoms with E-state index < -0.39 is 11.7 Å². The molecule has 5 heteroatoms. The van der Waals surface area contributed by atoms with Crippen molar-refractivity contribution in [3.8, 4) is 0 Å².